The van der Waals surface area contributed by atoms with Crippen molar-refractivity contribution in [2.75, 3.05) is 0 Å². The van der Waals surface area contributed by atoms with Gasteiger partial charge in [-0.1, -0.05) is 48.5 Å². The van der Waals surface area contributed by atoms with E-state index in [0.717, 1.165) is 24.0 Å². The molecular formula is C19H17NO. The lowest BCUT2D eigenvalue weighted by atomic mass is 9.66. The van der Waals surface area contributed by atoms with E-state index < -0.39 is 11.0 Å². The van der Waals surface area contributed by atoms with Crippen LogP contribution >= 0.6 is 0 Å². The molecule has 2 unspecified atom stereocenters. The van der Waals surface area contributed by atoms with E-state index in [4.69, 9.17) is 0 Å². The van der Waals surface area contributed by atoms with Crippen LogP contribution in [0.3, 0.4) is 0 Å². The van der Waals surface area contributed by atoms with E-state index >= 15 is 0 Å². The topological polar surface area (TPSA) is 44.0 Å². The molecule has 2 nitrogen and oxygen atoms in total. The van der Waals surface area contributed by atoms with Crippen LogP contribution in [-0.2, 0) is 23.9 Å². The van der Waals surface area contributed by atoms with Crippen LogP contribution < -0.4 is 0 Å². The van der Waals surface area contributed by atoms with Gasteiger partial charge in [-0.15, -0.1) is 0 Å². The molecule has 0 bridgehead atoms. The lowest BCUT2D eigenvalue weighted by molar-refractivity contribution is -0.0207. The van der Waals surface area contributed by atoms with Gasteiger partial charge in [-0.25, -0.2) is 0 Å². The molecule has 2 heteroatoms. The minimum atomic E-state index is -1.06. The fourth-order valence-electron chi connectivity index (χ4n) is 4.28. The number of fused-ring (bicyclic) bond motifs is 2. The van der Waals surface area contributed by atoms with E-state index in [9.17, 15) is 10.4 Å². The van der Waals surface area contributed by atoms with Crippen molar-refractivity contribution in [3.8, 4) is 6.07 Å². The Balaban J connectivity index is 1.96. The third kappa shape index (κ3) is 1.45. The van der Waals surface area contributed by atoms with Crippen LogP contribution in [0.5, 0.6) is 0 Å². The molecule has 0 aliphatic heterocycles. The van der Waals surface area contributed by atoms with Gasteiger partial charge in [0.05, 0.1) is 6.07 Å². The largest absolute Gasteiger partial charge is 0.383 e. The zero-order valence-corrected chi connectivity index (χ0v) is 11.8. The summed E-state index contributed by atoms with van der Waals surface area (Å²) in [4.78, 5) is 0. The van der Waals surface area contributed by atoms with Gasteiger partial charge < -0.3 is 5.11 Å². The fourth-order valence-corrected chi connectivity index (χ4v) is 4.28. The number of aliphatic hydroxyl groups is 1. The molecule has 0 heterocycles. The SMILES string of the molecule is N#CC1(C2(O)CCc3ccccc32)CCc2ccccc21. The van der Waals surface area contributed by atoms with E-state index in [1.54, 1.807) is 0 Å². The van der Waals surface area contributed by atoms with Crippen LogP contribution in [0, 0.1) is 11.3 Å². The average Bonchev–Trinajstić information content (AvgIpc) is 3.08. The summed E-state index contributed by atoms with van der Waals surface area (Å²) in [5.74, 6) is 0. The van der Waals surface area contributed by atoms with Crippen LogP contribution in [0.4, 0.5) is 0 Å². The van der Waals surface area contributed by atoms with Crippen LogP contribution in [-0.4, -0.2) is 5.11 Å². The zero-order chi connectivity index (χ0) is 14.5. The second-order valence-corrected chi connectivity index (χ2v) is 6.19. The molecule has 0 amide bonds. The maximum atomic E-state index is 11.5. The Hall–Kier alpha value is -2.11. The first-order valence-electron chi connectivity index (χ1n) is 7.52. The monoisotopic (exact) mass is 275 g/mol. The first kappa shape index (κ1) is 12.6. The van der Waals surface area contributed by atoms with Crippen LogP contribution in [0.1, 0.15) is 35.1 Å². The Kier molecular flexibility index (Phi) is 2.52. The molecule has 0 radical (unpaired) electrons. The van der Waals surface area contributed by atoms with E-state index in [0.29, 0.717) is 12.8 Å². The minimum Gasteiger partial charge on any atom is -0.383 e. The molecule has 1 N–H and O–H groups in total. The second kappa shape index (κ2) is 4.19. The van der Waals surface area contributed by atoms with Crippen molar-refractivity contribution in [1.29, 1.82) is 5.26 Å². The molecule has 0 saturated heterocycles. The summed E-state index contributed by atoms with van der Waals surface area (Å²) in [5, 5.41) is 21.5. The maximum absolute atomic E-state index is 11.5. The summed E-state index contributed by atoms with van der Waals surface area (Å²) < 4.78 is 0. The maximum Gasteiger partial charge on any atom is 0.116 e. The fraction of sp³-hybridized carbons (Fsp3) is 0.316. The average molecular weight is 275 g/mol. The summed E-state index contributed by atoms with van der Waals surface area (Å²) in [6.45, 7) is 0. The summed E-state index contributed by atoms with van der Waals surface area (Å²) in [6, 6.07) is 18.6. The molecule has 0 saturated carbocycles. The quantitative estimate of drug-likeness (QED) is 0.868. The summed E-state index contributed by atoms with van der Waals surface area (Å²) in [6.07, 6.45) is 3.05. The first-order valence-corrected chi connectivity index (χ1v) is 7.52. The zero-order valence-electron chi connectivity index (χ0n) is 11.8. The molecule has 104 valence electrons. The predicted molar refractivity (Wildman–Crippen MR) is 80.7 cm³/mol. The highest BCUT2D eigenvalue weighted by Crippen LogP contribution is 2.55. The molecule has 2 aliphatic carbocycles. The molecule has 2 atom stereocenters. The first-order chi connectivity index (χ1) is 10.2. The number of hydrogen-bond donors (Lipinski definition) is 1. The highest BCUT2D eigenvalue weighted by atomic mass is 16.3. The standard InChI is InChI=1S/C19H17NO/c20-13-18(11-9-14-5-1-3-7-16(14)18)19(21)12-10-15-6-2-4-8-17(15)19/h1-8,21H,9-12H2. The number of nitrogens with zero attached hydrogens (tertiary/aromatic N) is 1. The smallest absolute Gasteiger partial charge is 0.116 e. The van der Waals surface area contributed by atoms with Gasteiger partial charge in [0.25, 0.3) is 0 Å². The Morgan fingerprint density at radius 1 is 0.857 bits per heavy atom. The van der Waals surface area contributed by atoms with E-state index in [2.05, 4.69) is 18.2 Å². The summed E-state index contributed by atoms with van der Waals surface area (Å²) >= 11 is 0. The van der Waals surface area contributed by atoms with Gasteiger partial charge in [-0.05, 0) is 47.9 Å². The van der Waals surface area contributed by atoms with Crippen molar-refractivity contribution in [3.05, 3.63) is 70.8 Å². The van der Waals surface area contributed by atoms with Crippen molar-refractivity contribution < 1.29 is 5.11 Å². The van der Waals surface area contributed by atoms with Gasteiger partial charge in [0.2, 0.25) is 0 Å². The van der Waals surface area contributed by atoms with Gasteiger partial charge in [-0.3, -0.25) is 0 Å². The van der Waals surface area contributed by atoms with Crippen molar-refractivity contribution in [1.82, 2.24) is 0 Å². The van der Waals surface area contributed by atoms with Crippen LogP contribution in [0.25, 0.3) is 0 Å². The van der Waals surface area contributed by atoms with E-state index in [1.807, 2.05) is 36.4 Å². The number of rotatable bonds is 1. The molecule has 0 fully saturated rings. The van der Waals surface area contributed by atoms with Crippen LogP contribution in [0.2, 0.25) is 0 Å². The van der Waals surface area contributed by atoms with Crippen molar-refractivity contribution in [2.45, 2.75) is 36.7 Å². The van der Waals surface area contributed by atoms with Gasteiger partial charge in [0, 0.05) is 0 Å². The van der Waals surface area contributed by atoms with Gasteiger partial charge in [0.15, 0.2) is 0 Å². The summed E-state index contributed by atoms with van der Waals surface area (Å²) in [7, 11) is 0. The van der Waals surface area contributed by atoms with Crippen LogP contribution in [0.15, 0.2) is 48.5 Å². The molecule has 2 aromatic rings. The number of hydrogen-bond acceptors (Lipinski definition) is 2. The van der Waals surface area contributed by atoms with Crippen molar-refractivity contribution >= 4 is 0 Å². The number of nitriles is 1. The Morgan fingerprint density at radius 3 is 2.14 bits per heavy atom. The molecule has 4 rings (SSSR count). The summed E-state index contributed by atoms with van der Waals surface area (Å²) in [5.41, 5.74) is 2.48. The lowest BCUT2D eigenvalue weighted by Crippen LogP contribution is -2.45. The Morgan fingerprint density at radius 2 is 1.43 bits per heavy atom. The third-order valence-electron chi connectivity index (χ3n) is 5.36. The number of benzene rings is 2. The number of aryl methyl sites for hydroxylation is 2. The predicted octanol–water partition coefficient (Wildman–Crippen LogP) is 3.23. The highest BCUT2D eigenvalue weighted by molar-refractivity contribution is 5.53. The lowest BCUT2D eigenvalue weighted by Gasteiger charge is -2.39. The molecule has 2 aromatic carbocycles. The molecule has 0 aromatic heterocycles. The van der Waals surface area contributed by atoms with Gasteiger partial charge in [-0.2, -0.15) is 5.26 Å². The molecule has 21 heavy (non-hydrogen) atoms. The second-order valence-electron chi connectivity index (χ2n) is 6.19. The van der Waals surface area contributed by atoms with Crippen molar-refractivity contribution in [2.24, 2.45) is 0 Å². The minimum absolute atomic E-state index is 0.633. The third-order valence-corrected chi connectivity index (χ3v) is 5.36. The normalized spacial score (nSPS) is 29.7. The Bertz CT molecular complexity index is 760. The molecule has 2 aliphatic rings. The highest BCUT2D eigenvalue weighted by Gasteiger charge is 2.58. The van der Waals surface area contributed by atoms with Gasteiger partial charge >= 0.3 is 0 Å². The molecule has 0 spiro atoms. The van der Waals surface area contributed by atoms with Crippen molar-refractivity contribution in [3.63, 3.8) is 0 Å². The van der Waals surface area contributed by atoms with Gasteiger partial charge in [0.1, 0.15) is 11.0 Å². The van der Waals surface area contributed by atoms with E-state index in [1.165, 1.54) is 11.1 Å². The van der Waals surface area contributed by atoms with E-state index in [-0.39, 0.29) is 0 Å². The molecular weight excluding hydrogens is 258 g/mol. The Labute approximate surface area is 124 Å².